The molecule has 0 aliphatic heterocycles. The number of aromatic nitrogens is 1. The standard InChI is InChI=1S/C11H9BrClNO4S/c1-2-19(15,16)18-17-10-4-3-9(12)7-5-11(13)14-6-8(7)10/h3-6H,2H2,1H3. The molecule has 0 bridgehead atoms. The first-order valence-corrected chi connectivity index (χ1v) is 8.00. The van der Waals surface area contributed by atoms with Crippen LogP contribution in [0.15, 0.2) is 28.9 Å². The topological polar surface area (TPSA) is 65.5 Å². The minimum atomic E-state index is -3.69. The highest BCUT2D eigenvalue weighted by Crippen LogP contribution is 2.32. The second kappa shape index (κ2) is 5.62. The van der Waals surface area contributed by atoms with E-state index in [1.54, 1.807) is 18.2 Å². The van der Waals surface area contributed by atoms with Crippen LogP contribution in [-0.2, 0) is 14.5 Å². The van der Waals surface area contributed by atoms with Crippen molar-refractivity contribution in [3.63, 3.8) is 0 Å². The average molecular weight is 367 g/mol. The van der Waals surface area contributed by atoms with Crippen molar-refractivity contribution in [1.82, 2.24) is 4.98 Å². The molecule has 102 valence electrons. The largest absolute Gasteiger partial charge is 0.320 e. The summed E-state index contributed by atoms with van der Waals surface area (Å²) in [5.41, 5.74) is 0. The number of pyridine rings is 1. The minimum absolute atomic E-state index is 0.175. The van der Waals surface area contributed by atoms with Crippen LogP contribution in [0, 0.1) is 0 Å². The van der Waals surface area contributed by atoms with Crippen LogP contribution in [0.3, 0.4) is 0 Å². The summed E-state index contributed by atoms with van der Waals surface area (Å²) >= 11 is 9.18. The molecule has 0 spiro atoms. The Labute approximate surface area is 123 Å². The first-order valence-electron chi connectivity index (χ1n) is 5.25. The number of halogens is 2. The Morgan fingerprint density at radius 1 is 1.37 bits per heavy atom. The van der Waals surface area contributed by atoms with Gasteiger partial charge < -0.3 is 4.89 Å². The lowest BCUT2D eigenvalue weighted by Crippen LogP contribution is -2.11. The molecular formula is C11H9BrClNO4S. The maximum atomic E-state index is 11.2. The maximum absolute atomic E-state index is 11.2. The fourth-order valence-corrected chi connectivity index (χ4v) is 2.25. The van der Waals surface area contributed by atoms with Crippen LogP contribution >= 0.6 is 27.5 Å². The van der Waals surface area contributed by atoms with E-state index in [1.807, 2.05) is 0 Å². The molecule has 0 aliphatic rings. The van der Waals surface area contributed by atoms with Crippen molar-refractivity contribution >= 4 is 48.4 Å². The normalized spacial score (nSPS) is 11.7. The van der Waals surface area contributed by atoms with Crippen LogP contribution in [0.25, 0.3) is 10.8 Å². The van der Waals surface area contributed by atoms with Gasteiger partial charge in [-0.2, -0.15) is 8.42 Å². The molecule has 0 aliphatic carbocycles. The summed E-state index contributed by atoms with van der Waals surface area (Å²) in [6.07, 6.45) is 1.49. The van der Waals surface area contributed by atoms with Crippen LogP contribution in [0.4, 0.5) is 0 Å². The van der Waals surface area contributed by atoms with E-state index in [-0.39, 0.29) is 11.5 Å². The molecule has 1 heterocycles. The highest BCUT2D eigenvalue weighted by atomic mass is 79.9. The maximum Gasteiger partial charge on any atom is 0.302 e. The van der Waals surface area contributed by atoms with E-state index in [9.17, 15) is 8.42 Å². The SMILES string of the molecule is CCS(=O)(=O)OOc1ccc(Br)c2cc(Cl)ncc12. The van der Waals surface area contributed by atoms with Gasteiger partial charge in [-0.05, 0) is 25.1 Å². The van der Waals surface area contributed by atoms with Gasteiger partial charge in [0, 0.05) is 21.4 Å². The van der Waals surface area contributed by atoms with Gasteiger partial charge in [-0.15, -0.1) is 0 Å². The Kier molecular flexibility index (Phi) is 4.29. The fourth-order valence-electron chi connectivity index (χ4n) is 1.36. The Morgan fingerprint density at radius 2 is 2.11 bits per heavy atom. The van der Waals surface area contributed by atoms with Crippen molar-refractivity contribution in [1.29, 1.82) is 0 Å². The summed E-state index contributed by atoms with van der Waals surface area (Å²) in [6.45, 7) is 1.46. The molecule has 0 saturated carbocycles. The molecule has 1 aromatic carbocycles. The third-order valence-corrected chi connectivity index (χ3v) is 4.24. The van der Waals surface area contributed by atoms with Crippen LogP contribution in [-0.4, -0.2) is 19.2 Å². The number of nitrogens with zero attached hydrogens (tertiary/aromatic N) is 1. The number of hydrogen-bond acceptors (Lipinski definition) is 5. The summed E-state index contributed by atoms with van der Waals surface area (Å²) < 4.78 is 27.7. The quantitative estimate of drug-likeness (QED) is 0.472. The molecule has 0 atom stereocenters. The zero-order valence-corrected chi connectivity index (χ0v) is 12.9. The van der Waals surface area contributed by atoms with E-state index in [1.165, 1.54) is 13.1 Å². The molecule has 0 saturated heterocycles. The predicted molar refractivity (Wildman–Crippen MR) is 75.6 cm³/mol. The Hall–Kier alpha value is -0.890. The van der Waals surface area contributed by atoms with E-state index in [4.69, 9.17) is 16.5 Å². The molecule has 0 radical (unpaired) electrons. The van der Waals surface area contributed by atoms with Gasteiger partial charge in [-0.1, -0.05) is 31.9 Å². The molecular weight excluding hydrogens is 358 g/mol. The Morgan fingerprint density at radius 3 is 2.79 bits per heavy atom. The van der Waals surface area contributed by atoms with Crippen molar-refractivity contribution in [3.8, 4) is 5.75 Å². The smallest absolute Gasteiger partial charge is 0.302 e. The molecule has 19 heavy (non-hydrogen) atoms. The van der Waals surface area contributed by atoms with Crippen LogP contribution < -0.4 is 4.89 Å². The van der Waals surface area contributed by atoms with Gasteiger partial charge >= 0.3 is 10.1 Å². The van der Waals surface area contributed by atoms with Crippen LogP contribution in [0.2, 0.25) is 5.15 Å². The highest BCUT2D eigenvalue weighted by Gasteiger charge is 2.13. The van der Waals surface area contributed by atoms with E-state index in [0.29, 0.717) is 10.5 Å². The van der Waals surface area contributed by atoms with Crippen LogP contribution in [0.1, 0.15) is 6.92 Å². The van der Waals surface area contributed by atoms with E-state index in [0.717, 1.165) is 9.86 Å². The van der Waals surface area contributed by atoms with Gasteiger partial charge in [0.25, 0.3) is 0 Å². The van der Waals surface area contributed by atoms with Crippen molar-refractivity contribution in [2.75, 3.05) is 5.75 Å². The summed E-state index contributed by atoms with van der Waals surface area (Å²) in [4.78, 5) is 8.81. The lowest BCUT2D eigenvalue weighted by molar-refractivity contribution is -0.0908. The number of fused-ring (bicyclic) bond motifs is 1. The first-order chi connectivity index (χ1) is 8.93. The van der Waals surface area contributed by atoms with E-state index < -0.39 is 10.1 Å². The lowest BCUT2D eigenvalue weighted by atomic mass is 10.2. The van der Waals surface area contributed by atoms with Crippen LogP contribution in [0.5, 0.6) is 5.75 Å². The molecule has 0 unspecified atom stereocenters. The minimum Gasteiger partial charge on any atom is -0.320 e. The second-order valence-corrected chi connectivity index (χ2v) is 6.67. The molecule has 2 rings (SSSR count). The number of hydrogen-bond donors (Lipinski definition) is 0. The number of rotatable bonds is 4. The average Bonchev–Trinajstić information content (AvgIpc) is 2.38. The van der Waals surface area contributed by atoms with Crippen molar-refractivity contribution in [2.24, 2.45) is 0 Å². The molecule has 0 N–H and O–H groups in total. The van der Waals surface area contributed by atoms with Gasteiger partial charge in [0.05, 0.1) is 5.75 Å². The van der Waals surface area contributed by atoms with Crippen molar-refractivity contribution < 1.29 is 17.6 Å². The molecule has 8 heteroatoms. The predicted octanol–water partition coefficient (Wildman–Crippen LogP) is 3.31. The fraction of sp³-hybridized carbons (Fsp3) is 0.182. The molecule has 0 amide bonds. The third-order valence-electron chi connectivity index (χ3n) is 2.36. The van der Waals surface area contributed by atoms with E-state index >= 15 is 0 Å². The van der Waals surface area contributed by atoms with Crippen molar-refractivity contribution in [3.05, 3.63) is 34.0 Å². The van der Waals surface area contributed by atoms with Gasteiger partial charge in [-0.25, -0.2) is 4.98 Å². The number of benzene rings is 1. The zero-order chi connectivity index (χ0) is 14.0. The summed E-state index contributed by atoms with van der Waals surface area (Å²) in [7, 11) is -3.69. The summed E-state index contributed by atoms with van der Waals surface area (Å²) in [6, 6.07) is 4.92. The highest BCUT2D eigenvalue weighted by molar-refractivity contribution is 9.10. The molecule has 5 nitrogen and oxygen atoms in total. The second-order valence-electron chi connectivity index (χ2n) is 3.60. The Balaban J connectivity index is 2.42. The lowest BCUT2D eigenvalue weighted by Gasteiger charge is -2.08. The van der Waals surface area contributed by atoms with E-state index in [2.05, 4.69) is 25.2 Å². The van der Waals surface area contributed by atoms with Gasteiger partial charge in [-0.3, -0.25) is 0 Å². The third kappa shape index (κ3) is 3.36. The zero-order valence-electron chi connectivity index (χ0n) is 9.76. The first kappa shape index (κ1) is 14.5. The molecule has 2 aromatic rings. The van der Waals surface area contributed by atoms with Gasteiger partial charge in [0.15, 0.2) is 5.75 Å². The monoisotopic (exact) mass is 365 g/mol. The summed E-state index contributed by atoms with van der Waals surface area (Å²) in [5, 5.41) is 1.66. The van der Waals surface area contributed by atoms with Crippen molar-refractivity contribution in [2.45, 2.75) is 6.92 Å². The molecule has 0 fully saturated rings. The Bertz CT molecular complexity index is 720. The van der Waals surface area contributed by atoms with Gasteiger partial charge in [0.1, 0.15) is 5.15 Å². The summed E-state index contributed by atoms with van der Waals surface area (Å²) in [5.74, 6) is 0.0744. The molecule has 1 aromatic heterocycles. The van der Waals surface area contributed by atoms with Gasteiger partial charge in [0.2, 0.25) is 0 Å².